The van der Waals surface area contributed by atoms with Gasteiger partial charge in [0.25, 0.3) is 8.32 Å². The summed E-state index contributed by atoms with van der Waals surface area (Å²) in [4.78, 5) is 40.2. The number of ether oxygens (including phenoxy) is 2. The number of carbonyl (C=O) groups excluding carboxylic acids is 3. The van der Waals surface area contributed by atoms with E-state index < -0.39 is 54.4 Å². The van der Waals surface area contributed by atoms with Gasteiger partial charge in [0.15, 0.2) is 5.60 Å². The van der Waals surface area contributed by atoms with Crippen molar-refractivity contribution in [3.63, 3.8) is 0 Å². The summed E-state index contributed by atoms with van der Waals surface area (Å²) < 4.78 is 18.4. The lowest BCUT2D eigenvalue weighted by atomic mass is 9.45. The number of hydrogen-bond acceptors (Lipinski definition) is 6. The SMILES string of the molecule is C=CC1(C)CC[C@H]2[C@](C)(C(=O)OC)[C@@H]3C=C(I)[C@]2(OC3=O)[C@H]1C(=O)O[Si](C)(C)C(C)(C)C. The summed E-state index contributed by atoms with van der Waals surface area (Å²) in [5.74, 6) is -3.27. The van der Waals surface area contributed by atoms with Crippen LogP contribution in [0, 0.1) is 28.6 Å². The molecule has 0 N–H and O–H groups in total. The van der Waals surface area contributed by atoms with Crippen molar-refractivity contribution in [3.05, 3.63) is 22.3 Å². The smallest absolute Gasteiger partial charge is 0.314 e. The van der Waals surface area contributed by atoms with E-state index in [9.17, 15) is 14.4 Å². The van der Waals surface area contributed by atoms with Crippen molar-refractivity contribution in [2.75, 3.05) is 7.11 Å². The third-order valence-electron chi connectivity index (χ3n) is 8.65. The van der Waals surface area contributed by atoms with Crippen molar-refractivity contribution in [1.82, 2.24) is 0 Å². The molecule has 0 radical (unpaired) electrons. The van der Waals surface area contributed by atoms with Crippen molar-refractivity contribution in [1.29, 1.82) is 0 Å². The lowest BCUT2D eigenvalue weighted by molar-refractivity contribution is -0.237. The Morgan fingerprint density at radius 1 is 1.31 bits per heavy atom. The Bertz CT molecular complexity index is 905. The Hall–Kier alpha value is -1.16. The molecule has 2 aliphatic carbocycles. The van der Waals surface area contributed by atoms with E-state index >= 15 is 0 Å². The Kier molecular flexibility index (Phi) is 6.11. The topological polar surface area (TPSA) is 78.9 Å². The van der Waals surface area contributed by atoms with Gasteiger partial charge in [-0.3, -0.25) is 14.4 Å². The summed E-state index contributed by atoms with van der Waals surface area (Å²) in [6, 6.07) is 0. The maximum absolute atomic E-state index is 14.0. The zero-order valence-electron chi connectivity index (χ0n) is 20.3. The van der Waals surface area contributed by atoms with Crippen molar-refractivity contribution in [2.24, 2.45) is 28.6 Å². The van der Waals surface area contributed by atoms with E-state index in [0.29, 0.717) is 12.8 Å². The molecule has 1 saturated carbocycles. The highest BCUT2D eigenvalue weighted by molar-refractivity contribution is 14.1. The minimum absolute atomic E-state index is 0.177. The van der Waals surface area contributed by atoms with Gasteiger partial charge in [0.2, 0.25) is 0 Å². The van der Waals surface area contributed by atoms with Crippen molar-refractivity contribution >= 4 is 48.8 Å². The zero-order chi connectivity index (χ0) is 24.5. The van der Waals surface area contributed by atoms with Gasteiger partial charge in [-0.25, -0.2) is 0 Å². The maximum atomic E-state index is 14.0. The summed E-state index contributed by atoms with van der Waals surface area (Å²) in [5, 5.41) is -0.177. The molecule has 1 spiro atoms. The van der Waals surface area contributed by atoms with Crippen LogP contribution in [-0.4, -0.2) is 38.9 Å². The van der Waals surface area contributed by atoms with Gasteiger partial charge in [-0.15, -0.1) is 6.58 Å². The van der Waals surface area contributed by atoms with Crippen LogP contribution in [0.25, 0.3) is 0 Å². The molecule has 0 aromatic rings. The second kappa shape index (κ2) is 7.68. The Morgan fingerprint density at radius 3 is 2.41 bits per heavy atom. The van der Waals surface area contributed by atoms with Gasteiger partial charge in [-0.1, -0.05) is 39.8 Å². The first kappa shape index (κ1) is 25.5. The van der Waals surface area contributed by atoms with Crippen LogP contribution in [0.4, 0.5) is 0 Å². The second-order valence-electron chi connectivity index (χ2n) is 11.4. The molecular formula is C24H35IO6Si. The first-order valence-corrected chi connectivity index (χ1v) is 15.1. The number of carbonyl (C=O) groups is 3. The molecule has 6 nitrogen and oxygen atoms in total. The Morgan fingerprint density at radius 2 is 1.91 bits per heavy atom. The molecule has 0 aromatic heterocycles. The van der Waals surface area contributed by atoms with Gasteiger partial charge >= 0.3 is 17.9 Å². The average molecular weight is 575 g/mol. The summed E-state index contributed by atoms with van der Waals surface area (Å²) in [5.41, 5.74) is -3.06. The van der Waals surface area contributed by atoms with Crippen LogP contribution >= 0.6 is 22.6 Å². The predicted molar refractivity (Wildman–Crippen MR) is 132 cm³/mol. The van der Waals surface area contributed by atoms with Crippen LogP contribution in [0.2, 0.25) is 18.1 Å². The van der Waals surface area contributed by atoms with E-state index in [4.69, 9.17) is 13.9 Å². The molecule has 32 heavy (non-hydrogen) atoms. The minimum atomic E-state index is -2.46. The maximum Gasteiger partial charge on any atom is 0.314 e. The van der Waals surface area contributed by atoms with E-state index in [1.54, 1.807) is 19.1 Å². The van der Waals surface area contributed by atoms with Crippen LogP contribution in [0.5, 0.6) is 0 Å². The quantitative estimate of drug-likeness (QED) is 0.199. The number of allylic oxidation sites excluding steroid dienone is 1. The van der Waals surface area contributed by atoms with E-state index in [-0.39, 0.29) is 11.0 Å². The number of methoxy groups -OCH3 is 1. The molecule has 4 rings (SSSR count). The summed E-state index contributed by atoms with van der Waals surface area (Å²) in [7, 11) is -1.12. The van der Waals surface area contributed by atoms with Crippen molar-refractivity contribution < 1.29 is 28.3 Å². The molecule has 2 heterocycles. The van der Waals surface area contributed by atoms with E-state index in [2.05, 4.69) is 49.9 Å². The molecule has 2 bridgehead atoms. The molecule has 8 heteroatoms. The van der Waals surface area contributed by atoms with Crippen LogP contribution in [-0.2, 0) is 28.3 Å². The molecule has 4 aliphatic rings. The molecule has 178 valence electrons. The molecule has 1 unspecified atom stereocenters. The highest BCUT2D eigenvalue weighted by Crippen LogP contribution is 2.67. The summed E-state index contributed by atoms with van der Waals surface area (Å²) >= 11 is 2.17. The number of halogens is 1. The highest BCUT2D eigenvalue weighted by Gasteiger charge is 2.75. The number of rotatable bonds is 4. The van der Waals surface area contributed by atoms with Gasteiger partial charge < -0.3 is 13.9 Å². The fourth-order valence-electron chi connectivity index (χ4n) is 5.56. The average Bonchev–Trinajstić information content (AvgIpc) is 2.67. The van der Waals surface area contributed by atoms with E-state index in [1.807, 2.05) is 20.0 Å². The fraction of sp³-hybridized carbons (Fsp3) is 0.708. The van der Waals surface area contributed by atoms with Crippen molar-refractivity contribution in [3.8, 4) is 0 Å². The number of esters is 2. The first-order chi connectivity index (χ1) is 14.5. The van der Waals surface area contributed by atoms with Gasteiger partial charge in [-0.05, 0) is 60.5 Å². The molecule has 1 saturated heterocycles. The molecule has 2 fully saturated rings. The number of fused-ring (bicyclic) bond motifs is 1. The monoisotopic (exact) mass is 574 g/mol. The Balaban J connectivity index is 2.23. The molecule has 6 atom stereocenters. The fourth-order valence-corrected chi connectivity index (χ4v) is 7.64. The third-order valence-corrected chi connectivity index (χ3v) is 14.2. The van der Waals surface area contributed by atoms with Gasteiger partial charge in [0, 0.05) is 14.9 Å². The van der Waals surface area contributed by atoms with E-state index in [1.165, 1.54) is 7.11 Å². The number of hydrogen-bond donors (Lipinski definition) is 0. The van der Waals surface area contributed by atoms with Crippen LogP contribution < -0.4 is 0 Å². The van der Waals surface area contributed by atoms with Gasteiger partial charge in [-0.2, -0.15) is 0 Å². The summed E-state index contributed by atoms with van der Waals surface area (Å²) in [6.45, 7) is 18.0. The minimum Gasteiger partial charge on any atom is -0.519 e. The van der Waals surface area contributed by atoms with E-state index in [0.717, 1.165) is 3.58 Å². The third kappa shape index (κ3) is 3.26. The first-order valence-electron chi connectivity index (χ1n) is 11.1. The van der Waals surface area contributed by atoms with Crippen molar-refractivity contribution in [2.45, 2.75) is 71.2 Å². The van der Waals surface area contributed by atoms with Gasteiger partial charge in [0.1, 0.15) is 5.92 Å². The Labute approximate surface area is 205 Å². The second-order valence-corrected chi connectivity index (χ2v) is 17.3. The highest BCUT2D eigenvalue weighted by atomic mass is 127. The molecule has 0 aromatic carbocycles. The molecular weight excluding hydrogens is 539 g/mol. The standard InChI is InChI=1S/C24H35IO6Si/c1-10-22(5)12-11-15-23(6,20(28)29-7)14-13-16(25)24(15,30-18(14)26)17(22)19(27)31-32(8,9)21(2,3)4/h10,13-15,17H,1,11-12H2,2-9H3/t14-,15+,17+,22?,23-,24+/m1/s1. The lowest BCUT2D eigenvalue weighted by Gasteiger charge is -2.64. The molecule has 0 amide bonds. The lowest BCUT2D eigenvalue weighted by Crippen LogP contribution is -2.72. The summed E-state index contributed by atoms with van der Waals surface area (Å²) in [6.07, 6.45) is 4.80. The zero-order valence-corrected chi connectivity index (χ0v) is 23.5. The van der Waals surface area contributed by atoms with Crippen LogP contribution in [0.15, 0.2) is 22.3 Å². The van der Waals surface area contributed by atoms with Gasteiger partial charge in [0.05, 0.1) is 18.4 Å². The largest absolute Gasteiger partial charge is 0.519 e. The van der Waals surface area contributed by atoms with Crippen LogP contribution in [0.1, 0.15) is 47.5 Å². The van der Waals surface area contributed by atoms with Crippen LogP contribution in [0.3, 0.4) is 0 Å². The predicted octanol–water partition coefficient (Wildman–Crippen LogP) is 5.18. The normalized spacial score (nSPS) is 38.8. The molecule has 2 aliphatic heterocycles.